The molecular formula is C24H18F3NO5. The fourth-order valence-corrected chi connectivity index (χ4v) is 3.42. The van der Waals surface area contributed by atoms with Crippen LogP contribution in [0.3, 0.4) is 0 Å². The summed E-state index contributed by atoms with van der Waals surface area (Å²) in [5.41, 5.74) is -0.178. The van der Waals surface area contributed by atoms with Gasteiger partial charge in [-0.3, -0.25) is 4.79 Å². The van der Waals surface area contributed by atoms with Crippen molar-refractivity contribution in [1.29, 1.82) is 0 Å². The summed E-state index contributed by atoms with van der Waals surface area (Å²) in [5, 5.41) is 9.14. The lowest BCUT2D eigenvalue weighted by atomic mass is 10.2. The van der Waals surface area contributed by atoms with Crippen LogP contribution in [-0.4, -0.2) is 29.6 Å². The Kier molecular flexibility index (Phi) is 5.95. The summed E-state index contributed by atoms with van der Waals surface area (Å²) in [4.78, 5) is 25.4. The largest absolute Gasteiger partial charge is 0.481 e. The second kappa shape index (κ2) is 8.85. The van der Waals surface area contributed by atoms with Crippen LogP contribution in [0.25, 0.3) is 0 Å². The molecule has 0 saturated carbocycles. The number of nitrogens with zero attached hydrogens (tertiary/aromatic N) is 1. The molecular weight excluding hydrogens is 439 g/mol. The summed E-state index contributed by atoms with van der Waals surface area (Å²) in [6.07, 6.45) is -4.70. The molecule has 1 N–H and O–H groups in total. The standard InChI is InChI=1S/C24H18F3NO5/c25-24(26,27)16-4-6-18(7-5-16)32-19-8-10-20(11-9-19)33-21-12-13-28(22(21)29)17-3-1-2-15(14-17)23(30)31/h1-11,14,21H,12-13H2,(H,30,31). The molecule has 0 bridgehead atoms. The van der Waals surface area contributed by atoms with E-state index in [-0.39, 0.29) is 17.2 Å². The Morgan fingerprint density at radius 1 is 0.939 bits per heavy atom. The molecule has 0 spiro atoms. The Morgan fingerprint density at radius 2 is 1.55 bits per heavy atom. The third-order valence-electron chi connectivity index (χ3n) is 5.08. The second-order valence-corrected chi connectivity index (χ2v) is 7.34. The van der Waals surface area contributed by atoms with Gasteiger partial charge in [0.1, 0.15) is 17.2 Å². The predicted molar refractivity (Wildman–Crippen MR) is 113 cm³/mol. The molecule has 170 valence electrons. The molecule has 3 aromatic carbocycles. The van der Waals surface area contributed by atoms with E-state index < -0.39 is 23.8 Å². The number of hydrogen-bond acceptors (Lipinski definition) is 4. The maximum atomic E-state index is 12.7. The molecule has 6 nitrogen and oxygen atoms in total. The summed E-state index contributed by atoms with van der Waals surface area (Å²) >= 11 is 0. The molecule has 1 heterocycles. The van der Waals surface area contributed by atoms with Crippen molar-refractivity contribution < 1.29 is 37.3 Å². The summed E-state index contributed by atoms with van der Waals surface area (Å²) in [6.45, 7) is 0.391. The van der Waals surface area contributed by atoms with E-state index in [9.17, 15) is 22.8 Å². The summed E-state index contributed by atoms with van der Waals surface area (Å²) in [7, 11) is 0. The first-order valence-electron chi connectivity index (χ1n) is 9.97. The van der Waals surface area contributed by atoms with Crippen LogP contribution < -0.4 is 14.4 Å². The lowest BCUT2D eigenvalue weighted by Gasteiger charge is -2.18. The van der Waals surface area contributed by atoms with E-state index in [0.717, 1.165) is 12.1 Å². The molecule has 1 atom stereocenters. The first-order chi connectivity index (χ1) is 15.7. The van der Waals surface area contributed by atoms with E-state index in [2.05, 4.69) is 0 Å². The maximum absolute atomic E-state index is 12.7. The van der Waals surface area contributed by atoms with Gasteiger partial charge >= 0.3 is 12.1 Å². The summed E-state index contributed by atoms with van der Waals surface area (Å²) in [6, 6.07) is 16.9. The zero-order chi connectivity index (χ0) is 23.6. The Balaban J connectivity index is 1.38. The van der Waals surface area contributed by atoms with Crippen LogP contribution >= 0.6 is 0 Å². The summed E-state index contributed by atoms with van der Waals surface area (Å²) in [5.74, 6) is -0.277. The van der Waals surface area contributed by atoms with Crippen molar-refractivity contribution in [2.45, 2.75) is 18.7 Å². The zero-order valence-corrected chi connectivity index (χ0v) is 17.1. The van der Waals surface area contributed by atoms with Crippen LogP contribution in [0.4, 0.5) is 18.9 Å². The third-order valence-corrected chi connectivity index (χ3v) is 5.08. The van der Waals surface area contributed by atoms with Crippen LogP contribution in [0, 0.1) is 0 Å². The van der Waals surface area contributed by atoms with Gasteiger partial charge in [0, 0.05) is 18.7 Å². The van der Waals surface area contributed by atoms with Crippen LogP contribution in [-0.2, 0) is 11.0 Å². The van der Waals surface area contributed by atoms with E-state index in [1.165, 1.54) is 29.2 Å². The highest BCUT2D eigenvalue weighted by Crippen LogP contribution is 2.32. The number of halogens is 3. The number of benzene rings is 3. The van der Waals surface area contributed by atoms with Gasteiger partial charge in [-0.15, -0.1) is 0 Å². The first-order valence-corrected chi connectivity index (χ1v) is 9.97. The van der Waals surface area contributed by atoms with Gasteiger partial charge in [0.25, 0.3) is 5.91 Å². The number of alkyl halides is 3. The van der Waals surface area contributed by atoms with Crippen molar-refractivity contribution in [1.82, 2.24) is 0 Å². The molecule has 1 amide bonds. The fourth-order valence-electron chi connectivity index (χ4n) is 3.42. The Hall–Kier alpha value is -4.01. The number of aromatic carboxylic acids is 1. The quantitative estimate of drug-likeness (QED) is 0.538. The Morgan fingerprint density at radius 3 is 2.15 bits per heavy atom. The minimum atomic E-state index is -4.41. The van der Waals surface area contributed by atoms with Gasteiger partial charge in [-0.25, -0.2) is 4.79 Å². The van der Waals surface area contributed by atoms with Gasteiger partial charge in [0.05, 0.1) is 11.1 Å². The number of amides is 1. The molecule has 1 aliphatic rings. The number of ether oxygens (including phenoxy) is 2. The van der Waals surface area contributed by atoms with Gasteiger partial charge in [-0.2, -0.15) is 13.2 Å². The van der Waals surface area contributed by atoms with Gasteiger partial charge in [0.15, 0.2) is 6.10 Å². The van der Waals surface area contributed by atoms with Crippen molar-refractivity contribution in [3.63, 3.8) is 0 Å². The monoisotopic (exact) mass is 457 g/mol. The predicted octanol–water partition coefficient (Wildman–Crippen LogP) is 5.38. The minimum absolute atomic E-state index is 0.0910. The van der Waals surface area contributed by atoms with Crippen molar-refractivity contribution in [2.75, 3.05) is 11.4 Å². The van der Waals surface area contributed by atoms with Gasteiger partial charge in [-0.1, -0.05) is 6.07 Å². The van der Waals surface area contributed by atoms with Gasteiger partial charge in [-0.05, 0) is 66.7 Å². The Bertz CT molecular complexity index is 1160. The first kappa shape index (κ1) is 22.2. The number of rotatable bonds is 6. The van der Waals surface area contributed by atoms with Crippen molar-refractivity contribution in [3.05, 3.63) is 83.9 Å². The van der Waals surface area contributed by atoms with Crippen molar-refractivity contribution in [3.8, 4) is 17.2 Å². The third kappa shape index (κ3) is 5.08. The Labute approximate surface area is 186 Å². The molecule has 0 aliphatic carbocycles. The molecule has 9 heteroatoms. The molecule has 0 radical (unpaired) electrons. The number of carboxylic acids is 1. The number of anilines is 1. The van der Waals surface area contributed by atoms with E-state index in [1.807, 2.05) is 0 Å². The zero-order valence-electron chi connectivity index (χ0n) is 17.1. The van der Waals surface area contributed by atoms with Crippen LogP contribution in [0.1, 0.15) is 22.3 Å². The van der Waals surface area contributed by atoms with Crippen molar-refractivity contribution >= 4 is 17.6 Å². The van der Waals surface area contributed by atoms with Gasteiger partial charge < -0.3 is 19.5 Å². The normalized spacial score (nSPS) is 16.0. The molecule has 0 aromatic heterocycles. The lowest BCUT2D eigenvalue weighted by molar-refractivity contribution is -0.137. The van der Waals surface area contributed by atoms with Gasteiger partial charge in [0.2, 0.25) is 0 Å². The lowest BCUT2D eigenvalue weighted by Crippen LogP contribution is -2.32. The highest BCUT2D eigenvalue weighted by Gasteiger charge is 2.34. The summed E-state index contributed by atoms with van der Waals surface area (Å²) < 4.78 is 49.3. The number of carboxylic acid groups (broad SMARTS) is 1. The van der Waals surface area contributed by atoms with E-state index in [0.29, 0.717) is 30.2 Å². The highest BCUT2D eigenvalue weighted by atomic mass is 19.4. The highest BCUT2D eigenvalue weighted by molar-refractivity contribution is 6.00. The average molecular weight is 457 g/mol. The SMILES string of the molecule is O=C(O)c1cccc(N2CCC(Oc3ccc(Oc4ccc(C(F)(F)F)cc4)cc3)C2=O)c1. The topological polar surface area (TPSA) is 76.1 Å². The number of carbonyl (C=O) groups is 2. The van der Waals surface area contributed by atoms with Crippen LogP contribution in [0.2, 0.25) is 0 Å². The second-order valence-electron chi connectivity index (χ2n) is 7.34. The minimum Gasteiger partial charge on any atom is -0.481 e. The van der Waals surface area contributed by atoms with E-state index in [1.54, 1.807) is 36.4 Å². The fraction of sp³-hybridized carbons (Fsp3) is 0.167. The molecule has 1 fully saturated rings. The molecule has 33 heavy (non-hydrogen) atoms. The van der Waals surface area contributed by atoms with E-state index >= 15 is 0 Å². The molecule has 3 aromatic rings. The van der Waals surface area contributed by atoms with E-state index in [4.69, 9.17) is 14.6 Å². The molecule has 1 saturated heterocycles. The van der Waals surface area contributed by atoms with Crippen LogP contribution in [0.15, 0.2) is 72.8 Å². The van der Waals surface area contributed by atoms with Crippen molar-refractivity contribution in [2.24, 2.45) is 0 Å². The number of hydrogen-bond donors (Lipinski definition) is 1. The molecule has 1 aliphatic heterocycles. The maximum Gasteiger partial charge on any atom is 0.416 e. The smallest absolute Gasteiger partial charge is 0.416 e. The molecule has 4 rings (SSSR count). The average Bonchev–Trinajstić information content (AvgIpc) is 3.15. The van der Waals surface area contributed by atoms with Crippen LogP contribution in [0.5, 0.6) is 17.2 Å². The number of carbonyl (C=O) groups excluding carboxylic acids is 1. The molecule has 1 unspecified atom stereocenters.